The average Bonchev–Trinajstić information content (AvgIpc) is 3.49. The minimum atomic E-state index is -1.01. The standard InChI is InChI=1S/C39H38ClN5O4S/c1-37(40)31(27-6-3-2-4-7-27)8-5-12-39(37,50-38(13-14-38)33-10-9-25(19-42-33)20-45-23-30(46)24-45)36-43-32-17-26(16-29(18-41)34(32)49-36)21-44-15-11-28(22-44)35(47)48/h2-10,12,16-17,19,28,30,46H,11,13-15,20-24H2,1H3,(H,47,48). The molecular weight excluding hydrogens is 670 g/mol. The molecule has 2 saturated heterocycles. The number of halogens is 1. The largest absolute Gasteiger partial charge is 0.481 e. The number of benzene rings is 2. The average molecular weight is 708 g/mol. The molecule has 9 nitrogen and oxygen atoms in total. The number of allylic oxidation sites excluding steroid dienone is 3. The van der Waals surface area contributed by atoms with Gasteiger partial charge in [0.15, 0.2) is 5.58 Å². The zero-order valence-electron chi connectivity index (χ0n) is 27.8. The number of hydrogen-bond acceptors (Lipinski definition) is 9. The van der Waals surface area contributed by atoms with Gasteiger partial charge >= 0.3 is 5.97 Å². The van der Waals surface area contributed by atoms with Crippen molar-refractivity contribution < 1.29 is 19.4 Å². The van der Waals surface area contributed by atoms with Crippen molar-refractivity contribution in [3.63, 3.8) is 0 Å². The Morgan fingerprint density at radius 2 is 1.88 bits per heavy atom. The molecule has 4 aliphatic rings. The first kappa shape index (κ1) is 33.2. The van der Waals surface area contributed by atoms with Crippen molar-refractivity contribution in [2.24, 2.45) is 5.92 Å². The lowest BCUT2D eigenvalue weighted by Crippen LogP contribution is -2.49. The van der Waals surface area contributed by atoms with Gasteiger partial charge in [-0.05, 0) is 73.2 Å². The number of carboxylic acid groups (broad SMARTS) is 1. The third kappa shape index (κ3) is 5.85. The lowest BCUT2D eigenvalue weighted by atomic mass is 9.78. The van der Waals surface area contributed by atoms with Gasteiger partial charge in [-0.2, -0.15) is 5.26 Å². The zero-order chi connectivity index (χ0) is 34.7. The Labute approximate surface area is 300 Å². The van der Waals surface area contributed by atoms with Crippen molar-refractivity contribution in [2.75, 3.05) is 26.2 Å². The molecule has 0 bridgehead atoms. The highest BCUT2D eigenvalue weighted by molar-refractivity contribution is 8.01. The molecule has 256 valence electrons. The molecule has 2 aliphatic carbocycles. The highest BCUT2D eigenvalue weighted by atomic mass is 35.5. The third-order valence-electron chi connectivity index (χ3n) is 10.6. The minimum Gasteiger partial charge on any atom is -0.481 e. The fraction of sp³-hybridized carbons (Fsp3) is 0.385. The molecule has 2 aromatic heterocycles. The summed E-state index contributed by atoms with van der Waals surface area (Å²) < 4.78 is 5.37. The molecular formula is C39H38ClN5O4S. The van der Waals surface area contributed by atoms with Crippen molar-refractivity contribution in [1.82, 2.24) is 19.8 Å². The van der Waals surface area contributed by atoms with Crippen LogP contribution in [0.4, 0.5) is 0 Å². The summed E-state index contributed by atoms with van der Waals surface area (Å²) in [5, 5.41) is 29.5. The van der Waals surface area contributed by atoms with Crippen molar-refractivity contribution in [3.05, 3.63) is 113 Å². The van der Waals surface area contributed by atoms with Crippen molar-refractivity contribution in [1.29, 1.82) is 5.26 Å². The predicted octanol–water partition coefficient (Wildman–Crippen LogP) is 6.45. The maximum atomic E-state index is 11.6. The Bertz CT molecular complexity index is 2050. The van der Waals surface area contributed by atoms with Crippen LogP contribution in [0, 0.1) is 17.2 Å². The van der Waals surface area contributed by atoms with E-state index >= 15 is 0 Å². The van der Waals surface area contributed by atoms with Gasteiger partial charge in [0.1, 0.15) is 16.3 Å². The Morgan fingerprint density at radius 3 is 2.54 bits per heavy atom. The number of nitrogens with zero attached hydrogens (tertiary/aromatic N) is 5. The number of rotatable bonds is 10. The monoisotopic (exact) mass is 707 g/mol. The van der Waals surface area contributed by atoms with Crippen LogP contribution in [0.25, 0.3) is 16.7 Å². The lowest BCUT2D eigenvalue weighted by molar-refractivity contribution is -0.141. The zero-order valence-corrected chi connectivity index (χ0v) is 29.3. The molecule has 11 heteroatoms. The molecule has 50 heavy (non-hydrogen) atoms. The van der Waals surface area contributed by atoms with Gasteiger partial charge in [-0.25, -0.2) is 4.98 Å². The van der Waals surface area contributed by atoms with Gasteiger partial charge in [-0.1, -0.05) is 54.6 Å². The summed E-state index contributed by atoms with van der Waals surface area (Å²) in [6.07, 6.45) is 10.3. The molecule has 3 unspecified atom stereocenters. The first-order valence-electron chi connectivity index (χ1n) is 17.1. The smallest absolute Gasteiger partial charge is 0.307 e. The second-order valence-corrected chi connectivity index (χ2v) is 16.6. The number of fused-ring (bicyclic) bond motifs is 1. The summed E-state index contributed by atoms with van der Waals surface area (Å²) >= 11 is 9.57. The minimum absolute atomic E-state index is 0.243. The number of aliphatic carboxylic acids is 1. The predicted molar refractivity (Wildman–Crippen MR) is 193 cm³/mol. The molecule has 0 spiro atoms. The molecule has 2 N–H and O–H groups in total. The highest BCUT2D eigenvalue weighted by Gasteiger charge is 2.61. The summed E-state index contributed by atoms with van der Waals surface area (Å²) in [5.41, 5.74) is 6.28. The van der Waals surface area contributed by atoms with Crippen molar-refractivity contribution in [3.8, 4) is 6.07 Å². The summed E-state index contributed by atoms with van der Waals surface area (Å²) in [5.74, 6) is -0.732. The van der Waals surface area contributed by atoms with Crippen molar-refractivity contribution >= 4 is 46.0 Å². The van der Waals surface area contributed by atoms with E-state index in [4.69, 9.17) is 26.0 Å². The number of thioether (sulfide) groups is 1. The first-order valence-corrected chi connectivity index (χ1v) is 18.3. The van der Waals surface area contributed by atoms with E-state index in [0.29, 0.717) is 61.7 Å². The molecule has 4 aromatic rings. The summed E-state index contributed by atoms with van der Waals surface area (Å²) in [7, 11) is 0. The van der Waals surface area contributed by atoms with Crippen LogP contribution in [-0.4, -0.2) is 73.1 Å². The van der Waals surface area contributed by atoms with E-state index < -0.39 is 15.6 Å². The molecule has 3 atom stereocenters. The van der Waals surface area contributed by atoms with Crippen LogP contribution in [-0.2, 0) is 27.4 Å². The Hall–Kier alpha value is -3.98. The number of pyridine rings is 1. The van der Waals surface area contributed by atoms with Gasteiger partial charge in [0.25, 0.3) is 0 Å². The fourth-order valence-corrected chi connectivity index (χ4v) is 9.84. The van der Waals surface area contributed by atoms with E-state index in [1.165, 1.54) is 0 Å². The Morgan fingerprint density at radius 1 is 1.10 bits per heavy atom. The van der Waals surface area contributed by atoms with Crippen LogP contribution in [0.2, 0.25) is 0 Å². The maximum Gasteiger partial charge on any atom is 0.307 e. The quantitative estimate of drug-likeness (QED) is 0.178. The highest BCUT2D eigenvalue weighted by Crippen LogP contribution is 2.68. The van der Waals surface area contributed by atoms with Crippen molar-refractivity contribution in [2.45, 2.75) is 59.7 Å². The SMILES string of the molecule is CC1(Cl)C(c2ccccc2)=CC=CC1(SC1(c2ccc(CN3CC(O)C3)cn2)CC1)c1nc2cc(CN3CCC(C(=O)O)C3)cc(C#N)c2o1. The van der Waals surface area contributed by atoms with Gasteiger partial charge in [0.05, 0.1) is 32.9 Å². The number of aliphatic hydroxyl groups excluding tert-OH is 1. The van der Waals surface area contributed by atoms with E-state index in [1.807, 2.05) is 49.5 Å². The number of hydrogen-bond donors (Lipinski definition) is 2. The van der Waals surface area contributed by atoms with E-state index in [2.05, 4.69) is 52.3 Å². The number of aromatic nitrogens is 2. The normalized spacial score (nSPS) is 26.4. The van der Waals surface area contributed by atoms with Crippen LogP contribution in [0.15, 0.2) is 83.4 Å². The molecule has 8 rings (SSSR count). The molecule has 2 aliphatic heterocycles. The fourth-order valence-electron chi connectivity index (χ4n) is 7.63. The van der Waals surface area contributed by atoms with Gasteiger partial charge in [0.2, 0.25) is 5.89 Å². The van der Waals surface area contributed by atoms with Crippen LogP contribution in [0.3, 0.4) is 0 Å². The van der Waals surface area contributed by atoms with Crippen LogP contribution in [0.5, 0.6) is 0 Å². The molecule has 0 amide bonds. The Kier molecular flexibility index (Phi) is 8.40. The van der Waals surface area contributed by atoms with Gasteiger partial charge in [-0.3, -0.25) is 19.6 Å². The lowest BCUT2D eigenvalue weighted by Gasteiger charge is -2.45. The molecule has 2 aromatic carbocycles. The third-order valence-corrected chi connectivity index (χ3v) is 13.3. The van der Waals surface area contributed by atoms with E-state index in [0.717, 1.165) is 47.3 Å². The molecule has 0 radical (unpaired) electrons. The Balaban J connectivity index is 1.18. The summed E-state index contributed by atoms with van der Waals surface area (Å²) in [6.45, 7) is 5.83. The van der Waals surface area contributed by atoms with Gasteiger partial charge < -0.3 is 14.6 Å². The number of oxazole rings is 1. The van der Waals surface area contributed by atoms with Gasteiger partial charge in [0, 0.05) is 38.9 Å². The number of carbonyl (C=O) groups is 1. The van der Waals surface area contributed by atoms with E-state index in [1.54, 1.807) is 11.8 Å². The van der Waals surface area contributed by atoms with E-state index in [-0.39, 0.29) is 16.8 Å². The van der Waals surface area contributed by atoms with Gasteiger partial charge in [-0.15, -0.1) is 23.4 Å². The van der Waals surface area contributed by atoms with Crippen LogP contribution in [0.1, 0.15) is 60.0 Å². The maximum absolute atomic E-state index is 11.6. The number of nitriles is 1. The van der Waals surface area contributed by atoms with Crippen LogP contribution >= 0.6 is 23.4 Å². The van der Waals surface area contributed by atoms with Crippen LogP contribution < -0.4 is 0 Å². The summed E-state index contributed by atoms with van der Waals surface area (Å²) in [4.78, 5) is 25.0. The second-order valence-electron chi connectivity index (χ2n) is 14.2. The topological polar surface area (TPSA) is 127 Å². The molecule has 4 heterocycles. The second kappa shape index (κ2) is 12.7. The summed E-state index contributed by atoms with van der Waals surface area (Å²) in [6, 6.07) is 20.5. The number of alkyl halides is 1. The molecule has 3 fully saturated rings. The number of aliphatic hydroxyl groups is 1. The molecule has 1 saturated carbocycles. The number of β-amino-alcohol motifs (C(OH)–C–C–N with tert-alkyl or cyclic N) is 1. The first-order chi connectivity index (χ1) is 24.1. The van der Waals surface area contributed by atoms with E-state index in [9.17, 15) is 20.3 Å². The number of carboxylic acids is 1. The number of likely N-dealkylation sites (tertiary alicyclic amines) is 2.